The first-order chi connectivity index (χ1) is 10.6. The van der Waals surface area contributed by atoms with Crippen molar-refractivity contribution in [2.24, 2.45) is 0 Å². The number of carboxylic acids is 1. The molecular weight excluding hydrogens is 276 g/mol. The summed E-state index contributed by atoms with van der Waals surface area (Å²) in [4.78, 5) is 13.1. The quantitative estimate of drug-likeness (QED) is 0.815. The van der Waals surface area contributed by atoms with Gasteiger partial charge in [-0.2, -0.15) is 0 Å². The first-order valence-corrected chi connectivity index (χ1v) is 7.55. The van der Waals surface area contributed by atoms with Gasteiger partial charge in [-0.05, 0) is 55.8 Å². The summed E-state index contributed by atoms with van der Waals surface area (Å²) >= 11 is 0. The summed E-state index contributed by atoms with van der Waals surface area (Å²) in [6.45, 7) is 7.03. The highest BCUT2D eigenvalue weighted by molar-refractivity contribution is 5.87. The molecule has 4 nitrogen and oxygen atoms in total. The van der Waals surface area contributed by atoms with Gasteiger partial charge in [0.2, 0.25) is 0 Å². The van der Waals surface area contributed by atoms with Crippen molar-refractivity contribution in [1.29, 1.82) is 0 Å². The molecule has 0 aliphatic rings. The highest BCUT2D eigenvalue weighted by Gasteiger charge is 2.03. The molecule has 0 aliphatic heterocycles. The molecule has 22 heavy (non-hydrogen) atoms. The molecule has 0 atom stereocenters. The van der Waals surface area contributed by atoms with Gasteiger partial charge in [-0.3, -0.25) is 0 Å². The zero-order valence-corrected chi connectivity index (χ0v) is 13.0. The molecule has 2 aromatic carbocycles. The number of carbonyl (C=O) groups is 1. The number of benzene rings is 2. The van der Waals surface area contributed by atoms with Gasteiger partial charge in [-0.1, -0.05) is 12.1 Å². The predicted octanol–water partition coefficient (Wildman–Crippen LogP) is 3.84. The molecular formula is C18H22N2O2. The Bertz CT molecular complexity index is 602. The van der Waals surface area contributed by atoms with E-state index >= 15 is 0 Å². The lowest BCUT2D eigenvalue weighted by atomic mass is 10.1. The SMILES string of the molecule is CCN(CC)c1ccc(CNc2ccc(C(=O)O)cc2)cc1. The summed E-state index contributed by atoms with van der Waals surface area (Å²) in [5, 5.41) is 12.2. The van der Waals surface area contributed by atoms with E-state index in [2.05, 4.69) is 48.3 Å². The molecule has 0 aliphatic carbocycles. The summed E-state index contributed by atoms with van der Waals surface area (Å²) in [5.74, 6) is -0.904. The highest BCUT2D eigenvalue weighted by atomic mass is 16.4. The smallest absolute Gasteiger partial charge is 0.335 e. The van der Waals surface area contributed by atoms with Crippen molar-refractivity contribution in [1.82, 2.24) is 0 Å². The van der Waals surface area contributed by atoms with Crippen molar-refractivity contribution in [3.63, 3.8) is 0 Å². The first-order valence-electron chi connectivity index (χ1n) is 7.55. The van der Waals surface area contributed by atoms with E-state index in [0.717, 1.165) is 18.8 Å². The van der Waals surface area contributed by atoms with Gasteiger partial charge in [-0.25, -0.2) is 4.79 Å². The molecule has 2 aromatic rings. The van der Waals surface area contributed by atoms with Crippen LogP contribution in [0.4, 0.5) is 11.4 Å². The maximum absolute atomic E-state index is 10.8. The van der Waals surface area contributed by atoms with E-state index in [0.29, 0.717) is 12.1 Å². The normalized spacial score (nSPS) is 10.3. The van der Waals surface area contributed by atoms with Gasteiger partial charge < -0.3 is 15.3 Å². The minimum absolute atomic E-state index is 0.300. The van der Waals surface area contributed by atoms with E-state index < -0.39 is 5.97 Å². The zero-order chi connectivity index (χ0) is 15.9. The van der Waals surface area contributed by atoms with Crippen LogP contribution in [0.5, 0.6) is 0 Å². The minimum Gasteiger partial charge on any atom is -0.478 e. The molecule has 2 N–H and O–H groups in total. The fraction of sp³-hybridized carbons (Fsp3) is 0.278. The molecule has 116 valence electrons. The van der Waals surface area contributed by atoms with Crippen LogP contribution in [0, 0.1) is 0 Å². The molecule has 0 bridgehead atoms. The Balaban J connectivity index is 1.95. The van der Waals surface area contributed by atoms with Crippen molar-refractivity contribution >= 4 is 17.3 Å². The number of anilines is 2. The van der Waals surface area contributed by atoms with Crippen LogP contribution in [0.3, 0.4) is 0 Å². The molecule has 4 heteroatoms. The van der Waals surface area contributed by atoms with Crippen molar-refractivity contribution < 1.29 is 9.90 Å². The standard InChI is InChI=1S/C18H22N2O2/c1-3-20(4-2)17-11-5-14(6-12-17)13-19-16-9-7-15(8-10-16)18(21)22/h5-12,19H,3-4,13H2,1-2H3,(H,21,22). The van der Waals surface area contributed by atoms with Gasteiger partial charge in [0, 0.05) is 31.0 Å². The van der Waals surface area contributed by atoms with Crippen LogP contribution in [0.15, 0.2) is 48.5 Å². The molecule has 0 saturated carbocycles. The Kier molecular flexibility index (Phi) is 5.42. The molecule has 2 rings (SSSR count). The number of hydrogen-bond acceptors (Lipinski definition) is 3. The third-order valence-corrected chi connectivity index (χ3v) is 3.69. The lowest BCUT2D eigenvalue weighted by Crippen LogP contribution is -2.21. The van der Waals surface area contributed by atoms with Gasteiger partial charge in [0.1, 0.15) is 0 Å². The monoisotopic (exact) mass is 298 g/mol. The maximum atomic E-state index is 10.8. The Labute approximate surface area is 131 Å². The minimum atomic E-state index is -0.904. The Morgan fingerprint density at radius 2 is 1.59 bits per heavy atom. The predicted molar refractivity (Wildman–Crippen MR) is 90.7 cm³/mol. The molecule has 0 radical (unpaired) electrons. The molecule has 0 amide bonds. The number of nitrogens with one attached hydrogen (secondary N) is 1. The summed E-state index contributed by atoms with van der Waals surface area (Å²) in [6.07, 6.45) is 0. The molecule has 0 saturated heterocycles. The topological polar surface area (TPSA) is 52.6 Å². The third-order valence-electron chi connectivity index (χ3n) is 3.69. The number of hydrogen-bond donors (Lipinski definition) is 2. The fourth-order valence-electron chi connectivity index (χ4n) is 2.35. The van der Waals surface area contributed by atoms with Crippen molar-refractivity contribution in [3.8, 4) is 0 Å². The van der Waals surface area contributed by atoms with Crippen LogP contribution in [0.2, 0.25) is 0 Å². The first kappa shape index (κ1) is 15.9. The largest absolute Gasteiger partial charge is 0.478 e. The van der Waals surface area contributed by atoms with Gasteiger partial charge in [0.05, 0.1) is 5.56 Å². The van der Waals surface area contributed by atoms with E-state index in [1.54, 1.807) is 24.3 Å². The number of aromatic carboxylic acids is 1. The summed E-state index contributed by atoms with van der Waals surface area (Å²) < 4.78 is 0. The molecule has 0 heterocycles. The maximum Gasteiger partial charge on any atom is 0.335 e. The second-order valence-corrected chi connectivity index (χ2v) is 5.07. The van der Waals surface area contributed by atoms with Gasteiger partial charge >= 0.3 is 5.97 Å². The molecule has 0 spiro atoms. The second kappa shape index (κ2) is 7.50. The Hall–Kier alpha value is -2.49. The number of nitrogens with zero attached hydrogens (tertiary/aromatic N) is 1. The van der Waals surface area contributed by atoms with Crippen molar-refractivity contribution in [2.75, 3.05) is 23.3 Å². The van der Waals surface area contributed by atoms with E-state index in [4.69, 9.17) is 5.11 Å². The van der Waals surface area contributed by atoms with Gasteiger partial charge in [0.15, 0.2) is 0 Å². The van der Waals surface area contributed by atoms with E-state index in [1.165, 1.54) is 11.3 Å². The van der Waals surface area contributed by atoms with Crippen LogP contribution in [0.1, 0.15) is 29.8 Å². The summed E-state index contributed by atoms with van der Waals surface area (Å²) in [7, 11) is 0. The average molecular weight is 298 g/mol. The highest BCUT2D eigenvalue weighted by Crippen LogP contribution is 2.16. The average Bonchev–Trinajstić information content (AvgIpc) is 2.55. The van der Waals surface area contributed by atoms with Crippen LogP contribution in [0.25, 0.3) is 0 Å². The van der Waals surface area contributed by atoms with Crippen LogP contribution in [-0.2, 0) is 6.54 Å². The van der Waals surface area contributed by atoms with Crippen LogP contribution >= 0.6 is 0 Å². The van der Waals surface area contributed by atoms with Crippen LogP contribution in [-0.4, -0.2) is 24.2 Å². The number of carboxylic acid groups (broad SMARTS) is 1. The summed E-state index contributed by atoms with van der Waals surface area (Å²) in [6, 6.07) is 15.3. The zero-order valence-electron chi connectivity index (χ0n) is 13.0. The lowest BCUT2D eigenvalue weighted by molar-refractivity contribution is 0.0697. The third kappa shape index (κ3) is 4.01. The fourth-order valence-corrected chi connectivity index (χ4v) is 2.35. The molecule has 0 aromatic heterocycles. The molecule has 0 unspecified atom stereocenters. The van der Waals surface area contributed by atoms with E-state index in [-0.39, 0.29) is 0 Å². The Morgan fingerprint density at radius 1 is 1.00 bits per heavy atom. The summed E-state index contributed by atoms with van der Waals surface area (Å²) in [5.41, 5.74) is 3.64. The Morgan fingerprint density at radius 3 is 2.09 bits per heavy atom. The van der Waals surface area contributed by atoms with Gasteiger partial charge in [-0.15, -0.1) is 0 Å². The van der Waals surface area contributed by atoms with Crippen molar-refractivity contribution in [3.05, 3.63) is 59.7 Å². The number of rotatable bonds is 7. The van der Waals surface area contributed by atoms with E-state index in [9.17, 15) is 4.79 Å². The molecule has 0 fully saturated rings. The van der Waals surface area contributed by atoms with Crippen LogP contribution < -0.4 is 10.2 Å². The van der Waals surface area contributed by atoms with E-state index in [1.807, 2.05) is 0 Å². The van der Waals surface area contributed by atoms with Gasteiger partial charge in [0.25, 0.3) is 0 Å². The lowest BCUT2D eigenvalue weighted by Gasteiger charge is -2.21. The second-order valence-electron chi connectivity index (χ2n) is 5.07. The van der Waals surface area contributed by atoms with Crippen molar-refractivity contribution in [2.45, 2.75) is 20.4 Å².